The third-order valence-electron chi connectivity index (χ3n) is 1.62. The topological polar surface area (TPSA) is 51.3 Å². The summed E-state index contributed by atoms with van der Waals surface area (Å²) in [5.74, 6) is 0.443. The first kappa shape index (κ1) is 10.6. The van der Waals surface area contributed by atoms with Crippen LogP contribution in [0.2, 0.25) is 0 Å². The standard InChI is InChI=1S/C10H14FN3/c1-7(2)5-14-10(12)9-4-3-8(11)6-13-9/h3-4,6-7H,5H2,1-2H3,(H2,12,14). The fourth-order valence-electron chi connectivity index (χ4n) is 0.889. The van der Waals surface area contributed by atoms with Crippen molar-refractivity contribution >= 4 is 5.84 Å². The Kier molecular flexibility index (Phi) is 3.56. The van der Waals surface area contributed by atoms with Crippen molar-refractivity contribution in [2.24, 2.45) is 16.6 Å². The fourth-order valence-corrected chi connectivity index (χ4v) is 0.889. The van der Waals surface area contributed by atoms with Crippen molar-refractivity contribution in [3.63, 3.8) is 0 Å². The van der Waals surface area contributed by atoms with Gasteiger partial charge in [-0.3, -0.25) is 4.99 Å². The van der Waals surface area contributed by atoms with Crippen LogP contribution in [0.5, 0.6) is 0 Å². The third kappa shape index (κ3) is 3.12. The van der Waals surface area contributed by atoms with Crippen LogP contribution in [0.4, 0.5) is 4.39 Å². The largest absolute Gasteiger partial charge is 0.382 e. The van der Waals surface area contributed by atoms with Crippen molar-refractivity contribution in [3.8, 4) is 0 Å². The van der Waals surface area contributed by atoms with Gasteiger partial charge in [0.2, 0.25) is 0 Å². The predicted molar refractivity (Wildman–Crippen MR) is 54.6 cm³/mol. The molecule has 0 aliphatic rings. The summed E-state index contributed by atoms with van der Waals surface area (Å²) in [6.45, 7) is 4.76. The summed E-state index contributed by atoms with van der Waals surface area (Å²) < 4.78 is 12.5. The average Bonchev–Trinajstić information content (AvgIpc) is 2.15. The van der Waals surface area contributed by atoms with Crippen LogP contribution in [0.3, 0.4) is 0 Å². The molecule has 0 fully saturated rings. The third-order valence-corrected chi connectivity index (χ3v) is 1.62. The van der Waals surface area contributed by atoms with Crippen LogP contribution < -0.4 is 5.73 Å². The molecule has 1 heterocycles. The summed E-state index contributed by atoms with van der Waals surface area (Å²) in [6, 6.07) is 2.84. The minimum atomic E-state index is -0.370. The van der Waals surface area contributed by atoms with Crippen molar-refractivity contribution in [1.82, 2.24) is 4.98 Å². The Morgan fingerprint density at radius 2 is 2.29 bits per heavy atom. The molecule has 1 aromatic rings. The lowest BCUT2D eigenvalue weighted by Crippen LogP contribution is -2.16. The molecule has 2 N–H and O–H groups in total. The van der Waals surface area contributed by atoms with Crippen molar-refractivity contribution < 1.29 is 4.39 Å². The SMILES string of the molecule is CC(C)CN=C(N)c1ccc(F)cn1. The lowest BCUT2D eigenvalue weighted by atomic mass is 10.2. The van der Waals surface area contributed by atoms with Crippen molar-refractivity contribution in [3.05, 3.63) is 29.8 Å². The lowest BCUT2D eigenvalue weighted by Gasteiger charge is -2.02. The molecule has 14 heavy (non-hydrogen) atoms. The number of amidine groups is 1. The second-order valence-electron chi connectivity index (χ2n) is 3.48. The highest BCUT2D eigenvalue weighted by Gasteiger charge is 2.00. The Hall–Kier alpha value is -1.45. The Labute approximate surface area is 82.9 Å². The second kappa shape index (κ2) is 4.69. The van der Waals surface area contributed by atoms with Gasteiger partial charge in [0, 0.05) is 6.54 Å². The van der Waals surface area contributed by atoms with Crippen LogP contribution >= 0.6 is 0 Å². The molecule has 0 aliphatic heterocycles. The van der Waals surface area contributed by atoms with Crippen molar-refractivity contribution in [2.45, 2.75) is 13.8 Å². The fraction of sp³-hybridized carbons (Fsp3) is 0.400. The van der Waals surface area contributed by atoms with E-state index in [1.54, 1.807) is 0 Å². The maximum atomic E-state index is 12.5. The van der Waals surface area contributed by atoms with Crippen LogP contribution in [-0.4, -0.2) is 17.4 Å². The maximum absolute atomic E-state index is 12.5. The number of nitrogens with two attached hydrogens (primary N) is 1. The maximum Gasteiger partial charge on any atom is 0.144 e. The van der Waals surface area contributed by atoms with Crippen molar-refractivity contribution in [1.29, 1.82) is 0 Å². The summed E-state index contributed by atoms with van der Waals surface area (Å²) in [7, 11) is 0. The molecule has 0 spiro atoms. The first-order chi connectivity index (χ1) is 6.59. The Morgan fingerprint density at radius 1 is 1.57 bits per heavy atom. The van der Waals surface area contributed by atoms with E-state index >= 15 is 0 Å². The molecule has 0 aliphatic carbocycles. The average molecular weight is 195 g/mol. The molecule has 0 atom stereocenters. The zero-order chi connectivity index (χ0) is 10.6. The van der Waals surface area contributed by atoms with Crippen LogP contribution in [0.15, 0.2) is 23.3 Å². The minimum absolute atomic E-state index is 0.360. The van der Waals surface area contributed by atoms with Gasteiger partial charge in [-0.25, -0.2) is 9.37 Å². The number of hydrogen-bond acceptors (Lipinski definition) is 2. The van der Waals surface area contributed by atoms with Crippen LogP contribution in [0.25, 0.3) is 0 Å². The quantitative estimate of drug-likeness (QED) is 0.588. The number of rotatable bonds is 3. The van der Waals surface area contributed by atoms with Gasteiger partial charge < -0.3 is 5.73 Å². The lowest BCUT2D eigenvalue weighted by molar-refractivity contribution is 0.621. The van der Waals surface area contributed by atoms with E-state index in [2.05, 4.69) is 23.8 Å². The molecular weight excluding hydrogens is 181 g/mol. The van der Waals surface area contributed by atoms with Gasteiger partial charge in [0.1, 0.15) is 17.3 Å². The van der Waals surface area contributed by atoms with Crippen molar-refractivity contribution in [2.75, 3.05) is 6.54 Å². The molecule has 4 heteroatoms. The molecule has 0 bridgehead atoms. The second-order valence-corrected chi connectivity index (χ2v) is 3.48. The summed E-state index contributed by atoms with van der Waals surface area (Å²) in [5, 5.41) is 0. The first-order valence-corrected chi connectivity index (χ1v) is 4.51. The Bertz CT molecular complexity index is 317. The Morgan fingerprint density at radius 3 is 2.79 bits per heavy atom. The van der Waals surface area contributed by atoms with Gasteiger partial charge in [-0.1, -0.05) is 13.8 Å². The van der Waals surface area contributed by atoms with Crippen LogP contribution in [-0.2, 0) is 0 Å². The van der Waals surface area contributed by atoms with E-state index < -0.39 is 0 Å². The number of aliphatic imine (C=N–C) groups is 1. The smallest absolute Gasteiger partial charge is 0.144 e. The van der Waals surface area contributed by atoms with Gasteiger partial charge in [-0.05, 0) is 18.1 Å². The molecule has 3 nitrogen and oxygen atoms in total. The molecule has 1 aromatic heterocycles. The first-order valence-electron chi connectivity index (χ1n) is 4.51. The highest BCUT2D eigenvalue weighted by atomic mass is 19.1. The molecule has 0 saturated heterocycles. The van der Waals surface area contributed by atoms with Crippen LogP contribution in [0, 0.1) is 11.7 Å². The molecule has 1 rings (SSSR count). The molecule has 76 valence electrons. The summed E-state index contributed by atoms with van der Waals surface area (Å²) in [5.41, 5.74) is 6.18. The number of aromatic nitrogens is 1. The van der Waals surface area contributed by atoms with Gasteiger partial charge in [0.05, 0.1) is 6.20 Å². The van der Waals surface area contributed by atoms with Gasteiger partial charge >= 0.3 is 0 Å². The highest BCUT2D eigenvalue weighted by molar-refractivity contribution is 5.95. The molecule has 0 radical (unpaired) electrons. The zero-order valence-corrected chi connectivity index (χ0v) is 8.37. The molecule has 0 aromatic carbocycles. The van der Waals surface area contributed by atoms with Crippen LogP contribution in [0.1, 0.15) is 19.5 Å². The Balaban J connectivity index is 2.73. The summed E-state index contributed by atoms with van der Waals surface area (Å²) >= 11 is 0. The van der Waals surface area contributed by atoms with Gasteiger partial charge in [0.15, 0.2) is 0 Å². The number of halogens is 1. The predicted octanol–water partition coefficient (Wildman–Crippen LogP) is 1.58. The van der Waals surface area contributed by atoms with E-state index in [0.29, 0.717) is 24.0 Å². The number of pyridine rings is 1. The van der Waals surface area contributed by atoms with Gasteiger partial charge in [-0.15, -0.1) is 0 Å². The number of hydrogen-bond donors (Lipinski definition) is 1. The number of nitrogens with zero attached hydrogens (tertiary/aromatic N) is 2. The molecule has 0 amide bonds. The summed E-state index contributed by atoms with van der Waals surface area (Å²) in [6.07, 6.45) is 1.13. The monoisotopic (exact) mass is 195 g/mol. The van der Waals surface area contributed by atoms with Gasteiger partial charge in [0.25, 0.3) is 0 Å². The molecule has 0 saturated carbocycles. The molecule has 0 unspecified atom stereocenters. The zero-order valence-electron chi connectivity index (χ0n) is 8.37. The summed E-state index contributed by atoms with van der Waals surface area (Å²) in [4.78, 5) is 7.96. The van der Waals surface area contributed by atoms with Gasteiger partial charge in [-0.2, -0.15) is 0 Å². The normalized spacial score (nSPS) is 12.1. The van der Waals surface area contributed by atoms with E-state index in [4.69, 9.17) is 5.73 Å². The molecular formula is C10H14FN3. The van der Waals surface area contributed by atoms with E-state index in [0.717, 1.165) is 6.20 Å². The minimum Gasteiger partial charge on any atom is -0.382 e. The van der Waals surface area contributed by atoms with E-state index in [-0.39, 0.29) is 5.82 Å². The van der Waals surface area contributed by atoms with E-state index in [1.807, 2.05) is 0 Å². The van der Waals surface area contributed by atoms with E-state index in [9.17, 15) is 4.39 Å². The highest BCUT2D eigenvalue weighted by Crippen LogP contribution is 1.99. The van der Waals surface area contributed by atoms with E-state index in [1.165, 1.54) is 12.1 Å².